The number of hydrogen-bond acceptors (Lipinski definition) is 5. The molecule has 6 nitrogen and oxygen atoms in total. The van der Waals surface area contributed by atoms with Gasteiger partial charge in [0.25, 0.3) is 5.91 Å². The SMILES string of the molecule is O=C(C1COCCO1)N1C[C@@H](O)[C@@H](O)C1. The van der Waals surface area contributed by atoms with E-state index in [9.17, 15) is 15.0 Å². The van der Waals surface area contributed by atoms with E-state index < -0.39 is 18.3 Å². The molecule has 0 aromatic rings. The van der Waals surface area contributed by atoms with Crippen LogP contribution in [0.4, 0.5) is 0 Å². The highest BCUT2D eigenvalue weighted by Gasteiger charge is 2.36. The molecule has 2 rings (SSSR count). The van der Waals surface area contributed by atoms with Gasteiger partial charge in [-0.05, 0) is 0 Å². The average Bonchev–Trinajstić information content (AvgIpc) is 2.59. The highest BCUT2D eigenvalue weighted by Crippen LogP contribution is 2.13. The van der Waals surface area contributed by atoms with Crippen molar-refractivity contribution in [2.45, 2.75) is 18.3 Å². The Hall–Kier alpha value is -0.690. The molecule has 0 aliphatic carbocycles. The first kappa shape index (κ1) is 10.8. The lowest BCUT2D eigenvalue weighted by molar-refractivity contribution is -0.157. The Bertz CT molecular complexity index is 231. The predicted octanol–water partition coefficient (Wildman–Crippen LogP) is -2.03. The van der Waals surface area contributed by atoms with Crippen molar-refractivity contribution < 1.29 is 24.5 Å². The number of aliphatic hydroxyl groups excluding tert-OH is 2. The van der Waals surface area contributed by atoms with Crippen molar-refractivity contribution in [2.75, 3.05) is 32.9 Å². The Morgan fingerprint density at radius 1 is 1.20 bits per heavy atom. The van der Waals surface area contributed by atoms with E-state index in [-0.39, 0.29) is 25.6 Å². The maximum Gasteiger partial charge on any atom is 0.254 e. The summed E-state index contributed by atoms with van der Waals surface area (Å²) >= 11 is 0. The van der Waals surface area contributed by atoms with Gasteiger partial charge >= 0.3 is 0 Å². The van der Waals surface area contributed by atoms with Gasteiger partial charge in [0.15, 0.2) is 6.10 Å². The van der Waals surface area contributed by atoms with Gasteiger partial charge in [-0.15, -0.1) is 0 Å². The largest absolute Gasteiger partial charge is 0.388 e. The Balaban J connectivity index is 1.90. The van der Waals surface area contributed by atoms with Crippen LogP contribution in [0.2, 0.25) is 0 Å². The van der Waals surface area contributed by atoms with Crippen molar-refractivity contribution in [3.05, 3.63) is 0 Å². The van der Waals surface area contributed by atoms with Crippen molar-refractivity contribution in [3.8, 4) is 0 Å². The van der Waals surface area contributed by atoms with E-state index in [0.717, 1.165) is 0 Å². The summed E-state index contributed by atoms with van der Waals surface area (Å²) in [5.41, 5.74) is 0. The molecule has 0 saturated carbocycles. The highest BCUT2D eigenvalue weighted by atomic mass is 16.6. The fourth-order valence-corrected chi connectivity index (χ4v) is 1.78. The minimum atomic E-state index is -0.849. The van der Waals surface area contributed by atoms with Crippen molar-refractivity contribution in [1.29, 1.82) is 0 Å². The Kier molecular flexibility index (Phi) is 3.20. The number of rotatable bonds is 1. The summed E-state index contributed by atoms with van der Waals surface area (Å²) in [4.78, 5) is 13.2. The molecule has 15 heavy (non-hydrogen) atoms. The first-order chi connectivity index (χ1) is 7.18. The molecule has 3 atom stereocenters. The zero-order valence-corrected chi connectivity index (χ0v) is 8.33. The van der Waals surface area contributed by atoms with Gasteiger partial charge in [-0.25, -0.2) is 0 Å². The molecule has 0 aromatic carbocycles. The zero-order chi connectivity index (χ0) is 10.8. The molecule has 2 aliphatic rings. The molecule has 6 heteroatoms. The van der Waals surface area contributed by atoms with Gasteiger partial charge in [0, 0.05) is 13.1 Å². The van der Waals surface area contributed by atoms with Crippen LogP contribution in [-0.2, 0) is 14.3 Å². The van der Waals surface area contributed by atoms with Gasteiger partial charge in [0.1, 0.15) is 0 Å². The van der Waals surface area contributed by atoms with E-state index in [1.807, 2.05) is 0 Å². The van der Waals surface area contributed by atoms with Crippen LogP contribution in [0, 0.1) is 0 Å². The third-order valence-electron chi connectivity index (χ3n) is 2.66. The number of ether oxygens (including phenoxy) is 2. The smallest absolute Gasteiger partial charge is 0.254 e. The molecule has 1 unspecified atom stereocenters. The van der Waals surface area contributed by atoms with E-state index in [1.54, 1.807) is 0 Å². The first-order valence-corrected chi connectivity index (χ1v) is 5.03. The molecule has 0 radical (unpaired) electrons. The number of hydrogen-bond donors (Lipinski definition) is 2. The number of nitrogens with zero attached hydrogens (tertiary/aromatic N) is 1. The Morgan fingerprint density at radius 2 is 1.87 bits per heavy atom. The first-order valence-electron chi connectivity index (χ1n) is 5.03. The van der Waals surface area contributed by atoms with Crippen molar-refractivity contribution in [1.82, 2.24) is 4.90 Å². The fraction of sp³-hybridized carbons (Fsp3) is 0.889. The summed E-state index contributed by atoms with van der Waals surface area (Å²) in [6, 6.07) is 0. The summed E-state index contributed by atoms with van der Waals surface area (Å²) in [6.45, 7) is 1.51. The second-order valence-electron chi connectivity index (χ2n) is 3.81. The van der Waals surface area contributed by atoms with Crippen LogP contribution < -0.4 is 0 Å². The average molecular weight is 217 g/mol. The minimum Gasteiger partial charge on any atom is -0.388 e. The second kappa shape index (κ2) is 4.44. The Morgan fingerprint density at radius 3 is 2.40 bits per heavy atom. The molecule has 1 amide bonds. The standard InChI is InChI=1S/C9H15NO5/c11-6-3-10(4-7(6)12)9(13)8-5-14-1-2-15-8/h6-8,11-12H,1-5H2/t6-,7+,8?. The van der Waals surface area contributed by atoms with Gasteiger partial charge < -0.3 is 24.6 Å². The van der Waals surface area contributed by atoms with Crippen LogP contribution >= 0.6 is 0 Å². The number of carbonyl (C=O) groups is 1. The van der Waals surface area contributed by atoms with E-state index in [0.29, 0.717) is 13.2 Å². The molecular weight excluding hydrogens is 202 g/mol. The minimum absolute atomic E-state index is 0.167. The summed E-state index contributed by atoms with van der Waals surface area (Å²) in [5, 5.41) is 18.6. The van der Waals surface area contributed by atoms with Crippen LogP contribution in [0.1, 0.15) is 0 Å². The monoisotopic (exact) mass is 217 g/mol. The van der Waals surface area contributed by atoms with Gasteiger partial charge in [0.05, 0.1) is 32.0 Å². The van der Waals surface area contributed by atoms with Crippen LogP contribution in [0.25, 0.3) is 0 Å². The van der Waals surface area contributed by atoms with E-state index >= 15 is 0 Å². The predicted molar refractivity (Wildman–Crippen MR) is 49.2 cm³/mol. The molecule has 2 heterocycles. The summed E-state index contributed by atoms with van der Waals surface area (Å²) in [7, 11) is 0. The second-order valence-corrected chi connectivity index (χ2v) is 3.81. The molecular formula is C9H15NO5. The lowest BCUT2D eigenvalue weighted by Gasteiger charge is -2.26. The topological polar surface area (TPSA) is 79.2 Å². The maximum absolute atomic E-state index is 11.8. The molecule has 2 saturated heterocycles. The van der Waals surface area contributed by atoms with Crippen LogP contribution in [-0.4, -0.2) is 72.2 Å². The van der Waals surface area contributed by atoms with Crippen LogP contribution in [0.15, 0.2) is 0 Å². The van der Waals surface area contributed by atoms with E-state index in [2.05, 4.69) is 0 Å². The molecule has 0 aromatic heterocycles. The molecule has 0 bridgehead atoms. The van der Waals surface area contributed by atoms with Crippen molar-refractivity contribution in [2.24, 2.45) is 0 Å². The third kappa shape index (κ3) is 2.28. The van der Waals surface area contributed by atoms with Gasteiger partial charge in [-0.2, -0.15) is 0 Å². The van der Waals surface area contributed by atoms with Crippen LogP contribution in [0.5, 0.6) is 0 Å². The van der Waals surface area contributed by atoms with Crippen LogP contribution in [0.3, 0.4) is 0 Å². The van der Waals surface area contributed by atoms with Gasteiger partial charge in [-0.1, -0.05) is 0 Å². The summed E-state index contributed by atoms with van der Waals surface area (Å²) in [6.07, 6.45) is -2.28. The van der Waals surface area contributed by atoms with Gasteiger partial charge in [-0.3, -0.25) is 4.79 Å². The maximum atomic E-state index is 11.8. The summed E-state index contributed by atoms with van der Waals surface area (Å²) < 4.78 is 10.4. The number of aliphatic hydroxyl groups is 2. The van der Waals surface area contributed by atoms with Crippen molar-refractivity contribution >= 4 is 5.91 Å². The Labute approximate surface area is 87.4 Å². The number of β-amino-alcohol motifs (C(OH)–C–C–N with tert-alkyl or cyclic N) is 2. The summed E-state index contributed by atoms with van der Waals surface area (Å²) in [5.74, 6) is -0.217. The number of likely N-dealkylation sites (tertiary alicyclic amines) is 1. The molecule has 2 aliphatic heterocycles. The molecule has 2 N–H and O–H groups in total. The molecule has 0 spiro atoms. The number of carbonyl (C=O) groups excluding carboxylic acids is 1. The van der Waals surface area contributed by atoms with E-state index in [1.165, 1.54) is 4.90 Å². The third-order valence-corrected chi connectivity index (χ3v) is 2.66. The molecule has 86 valence electrons. The number of amides is 1. The van der Waals surface area contributed by atoms with E-state index in [4.69, 9.17) is 9.47 Å². The highest BCUT2D eigenvalue weighted by molar-refractivity contribution is 5.81. The lowest BCUT2D eigenvalue weighted by Crippen LogP contribution is -2.44. The van der Waals surface area contributed by atoms with Crippen molar-refractivity contribution in [3.63, 3.8) is 0 Å². The fourth-order valence-electron chi connectivity index (χ4n) is 1.78. The quantitative estimate of drug-likeness (QED) is 0.529. The normalized spacial score (nSPS) is 36.9. The lowest BCUT2D eigenvalue weighted by atomic mass is 10.3. The zero-order valence-electron chi connectivity index (χ0n) is 8.33. The molecule has 2 fully saturated rings. The van der Waals surface area contributed by atoms with Gasteiger partial charge in [0.2, 0.25) is 0 Å².